The van der Waals surface area contributed by atoms with Crippen molar-refractivity contribution in [1.82, 2.24) is 10.2 Å². The number of rotatable bonds is 10. The second-order valence-electron chi connectivity index (χ2n) is 11.0. The molecule has 4 rings (SSSR count). The number of aryl methyl sites for hydroxylation is 1. The van der Waals surface area contributed by atoms with Gasteiger partial charge in [0.1, 0.15) is 12.6 Å². The molecule has 0 saturated heterocycles. The molecule has 1 aliphatic carbocycles. The first-order chi connectivity index (χ1) is 20.8. The molecule has 1 fully saturated rings. The molecule has 0 unspecified atom stereocenters. The van der Waals surface area contributed by atoms with Gasteiger partial charge in [0.15, 0.2) is 0 Å². The van der Waals surface area contributed by atoms with E-state index in [2.05, 4.69) is 5.32 Å². The molecule has 1 N–H and O–H groups in total. The minimum atomic E-state index is -4.74. The number of hydrogen-bond acceptors (Lipinski definition) is 4. The Morgan fingerprint density at radius 2 is 1.61 bits per heavy atom. The van der Waals surface area contributed by atoms with Crippen molar-refractivity contribution in [1.29, 1.82) is 0 Å². The summed E-state index contributed by atoms with van der Waals surface area (Å²) in [4.78, 5) is 28.5. The van der Waals surface area contributed by atoms with Crippen LogP contribution in [0.15, 0.2) is 77.7 Å². The highest BCUT2D eigenvalue weighted by Gasteiger charge is 2.35. The maximum absolute atomic E-state index is 14.0. The van der Waals surface area contributed by atoms with Gasteiger partial charge in [0.05, 0.1) is 16.1 Å². The van der Waals surface area contributed by atoms with Gasteiger partial charge in [-0.3, -0.25) is 13.9 Å². The predicted molar refractivity (Wildman–Crippen MR) is 164 cm³/mol. The van der Waals surface area contributed by atoms with Crippen LogP contribution in [0, 0.1) is 6.92 Å². The van der Waals surface area contributed by atoms with E-state index in [0.717, 1.165) is 49.8 Å². The Kier molecular flexibility index (Phi) is 10.6. The lowest BCUT2D eigenvalue weighted by Gasteiger charge is -2.33. The van der Waals surface area contributed by atoms with E-state index < -0.39 is 46.2 Å². The fourth-order valence-electron chi connectivity index (χ4n) is 5.14. The van der Waals surface area contributed by atoms with Crippen molar-refractivity contribution in [2.45, 2.75) is 75.7 Å². The third-order valence-electron chi connectivity index (χ3n) is 7.73. The maximum Gasteiger partial charge on any atom is 0.416 e. The Morgan fingerprint density at radius 1 is 0.977 bits per heavy atom. The van der Waals surface area contributed by atoms with Gasteiger partial charge in [-0.15, -0.1) is 0 Å². The van der Waals surface area contributed by atoms with Gasteiger partial charge in [-0.25, -0.2) is 8.42 Å². The van der Waals surface area contributed by atoms with Gasteiger partial charge >= 0.3 is 6.18 Å². The number of amides is 2. The third-order valence-corrected chi connectivity index (χ3v) is 9.77. The minimum Gasteiger partial charge on any atom is -0.352 e. The Labute approximate surface area is 261 Å². The Morgan fingerprint density at radius 3 is 2.23 bits per heavy atom. The zero-order chi connectivity index (χ0) is 32.1. The first-order valence-corrected chi connectivity index (χ1v) is 16.2. The minimum absolute atomic E-state index is 0.0327. The van der Waals surface area contributed by atoms with Crippen LogP contribution in [0.5, 0.6) is 0 Å². The van der Waals surface area contributed by atoms with Crippen LogP contribution >= 0.6 is 11.6 Å². The number of carbonyl (C=O) groups is 2. The summed E-state index contributed by atoms with van der Waals surface area (Å²) in [7, 11) is -4.51. The normalized spacial score (nSPS) is 15.0. The van der Waals surface area contributed by atoms with E-state index >= 15 is 0 Å². The molecule has 0 aromatic heterocycles. The molecule has 0 aliphatic heterocycles. The molecule has 1 saturated carbocycles. The number of alkyl halides is 3. The number of halogens is 4. The summed E-state index contributed by atoms with van der Waals surface area (Å²) in [5, 5.41) is 3.48. The predicted octanol–water partition coefficient (Wildman–Crippen LogP) is 6.73. The largest absolute Gasteiger partial charge is 0.416 e. The highest BCUT2D eigenvalue weighted by atomic mass is 35.5. The molecule has 0 heterocycles. The van der Waals surface area contributed by atoms with Crippen molar-refractivity contribution in [3.63, 3.8) is 0 Å². The van der Waals surface area contributed by atoms with Crippen LogP contribution in [0.1, 0.15) is 55.7 Å². The van der Waals surface area contributed by atoms with Gasteiger partial charge < -0.3 is 10.2 Å². The third kappa shape index (κ3) is 8.32. The Hall–Kier alpha value is -3.57. The fourth-order valence-corrected chi connectivity index (χ4v) is 6.67. The van der Waals surface area contributed by atoms with E-state index in [4.69, 9.17) is 11.6 Å². The molecule has 236 valence electrons. The molecular weight excluding hydrogens is 615 g/mol. The summed E-state index contributed by atoms with van der Waals surface area (Å²) in [6.07, 6.45) is -0.0515. The average molecular weight is 650 g/mol. The SMILES string of the molecule is Cc1ccc(S(=O)(=O)N(CC(=O)N(Cc2ccc(Cl)cc2)[C@H](C)C(=O)NC2CCCCC2)c2cccc(C(F)(F)F)c2)cc1. The van der Waals surface area contributed by atoms with Gasteiger partial charge in [-0.2, -0.15) is 13.2 Å². The van der Waals surface area contributed by atoms with Gasteiger partial charge in [0.25, 0.3) is 10.0 Å². The van der Waals surface area contributed by atoms with Crippen LogP contribution in [-0.4, -0.2) is 43.8 Å². The number of carbonyl (C=O) groups excluding carboxylic acids is 2. The van der Waals surface area contributed by atoms with Gasteiger partial charge in [0, 0.05) is 17.6 Å². The van der Waals surface area contributed by atoms with E-state index in [0.29, 0.717) is 21.0 Å². The van der Waals surface area contributed by atoms with Crippen LogP contribution in [-0.2, 0) is 32.3 Å². The molecule has 3 aromatic rings. The summed E-state index contributed by atoms with van der Waals surface area (Å²) in [6, 6.07) is 15.2. The molecule has 0 spiro atoms. The first-order valence-electron chi connectivity index (χ1n) is 14.4. The van der Waals surface area contributed by atoms with E-state index in [1.54, 1.807) is 50.2 Å². The van der Waals surface area contributed by atoms with E-state index in [1.165, 1.54) is 23.1 Å². The molecule has 1 aliphatic rings. The Balaban J connectivity index is 1.72. The number of anilines is 1. The Bertz CT molecular complexity index is 1560. The van der Waals surface area contributed by atoms with Crippen molar-refractivity contribution < 1.29 is 31.2 Å². The molecule has 2 amide bonds. The summed E-state index contributed by atoms with van der Waals surface area (Å²) in [5.74, 6) is -1.16. The lowest BCUT2D eigenvalue weighted by atomic mass is 9.95. The lowest BCUT2D eigenvalue weighted by Crippen LogP contribution is -2.53. The monoisotopic (exact) mass is 649 g/mol. The topological polar surface area (TPSA) is 86.8 Å². The van der Waals surface area contributed by atoms with Crippen molar-refractivity contribution >= 4 is 39.1 Å². The zero-order valence-electron chi connectivity index (χ0n) is 24.5. The lowest BCUT2D eigenvalue weighted by molar-refractivity contribution is -0.139. The molecule has 44 heavy (non-hydrogen) atoms. The van der Waals surface area contributed by atoms with Gasteiger partial charge in [-0.1, -0.05) is 66.8 Å². The molecule has 0 radical (unpaired) electrons. The number of sulfonamides is 1. The first kappa shape index (κ1) is 33.3. The average Bonchev–Trinajstić information content (AvgIpc) is 2.99. The smallest absolute Gasteiger partial charge is 0.352 e. The number of nitrogens with one attached hydrogen (secondary N) is 1. The highest BCUT2D eigenvalue weighted by Crippen LogP contribution is 2.33. The number of benzene rings is 3. The summed E-state index contributed by atoms with van der Waals surface area (Å²) >= 11 is 6.03. The van der Waals surface area contributed by atoms with Crippen molar-refractivity contribution in [3.05, 3.63) is 94.5 Å². The van der Waals surface area contributed by atoms with Crippen LogP contribution < -0.4 is 9.62 Å². The number of nitrogens with zero attached hydrogens (tertiary/aromatic N) is 2. The molecular formula is C32H35ClF3N3O4S. The zero-order valence-corrected chi connectivity index (χ0v) is 26.1. The van der Waals surface area contributed by atoms with Crippen LogP contribution in [0.3, 0.4) is 0 Å². The summed E-state index contributed by atoms with van der Waals surface area (Å²) in [5.41, 5.74) is 0.00831. The van der Waals surface area contributed by atoms with Crippen molar-refractivity contribution in [2.75, 3.05) is 10.8 Å². The van der Waals surface area contributed by atoms with Crippen LogP contribution in [0.25, 0.3) is 0 Å². The van der Waals surface area contributed by atoms with Crippen LogP contribution in [0.4, 0.5) is 18.9 Å². The fraction of sp³-hybridized carbons (Fsp3) is 0.375. The maximum atomic E-state index is 14.0. The van der Waals surface area contributed by atoms with Crippen molar-refractivity contribution in [3.8, 4) is 0 Å². The van der Waals surface area contributed by atoms with Gasteiger partial charge in [0.2, 0.25) is 11.8 Å². The number of hydrogen-bond donors (Lipinski definition) is 1. The van der Waals surface area contributed by atoms with Gasteiger partial charge in [-0.05, 0) is 74.7 Å². The molecule has 0 bridgehead atoms. The van der Waals surface area contributed by atoms with E-state index in [1.807, 2.05) is 0 Å². The highest BCUT2D eigenvalue weighted by molar-refractivity contribution is 7.92. The van der Waals surface area contributed by atoms with E-state index in [9.17, 15) is 31.2 Å². The molecule has 1 atom stereocenters. The quantitative estimate of drug-likeness (QED) is 0.264. The second kappa shape index (κ2) is 14.0. The van der Waals surface area contributed by atoms with Crippen LogP contribution in [0.2, 0.25) is 5.02 Å². The summed E-state index contributed by atoms with van der Waals surface area (Å²) < 4.78 is 69.4. The van der Waals surface area contributed by atoms with Crippen molar-refractivity contribution in [2.24, 2.45) is 0 Å². The van der Waals surface area contributed by atoms with E-state index in [-0.39, 0.29) is 23.2 Å². The standard InChI is InChI=1S/C32H35ClF3N3O4S/c1-22-11-17-29(18-12-22)44(42,43)39(28-10-6-7-25(19-28)32(34,35)36)21-30(40)38(20-24-13-15-26(33)16-14-24)23(2)31(41)37-27-8-4-3-5-9-27/h6-7,10-19,23,27H,3-5,8-9,20-21H2,1-2H3,(H,37,41)/t23-/m1/s1. The second-order valence-corrected chi connectivity index (χ2v) is 13.3. The molecule has 3 aromatic carbocycles. The molecule has 12 heteroatoms. The molecule has 7 nitrogen and oxygen atoms in total. The summed E-state index contributed by atoms with van der Waals surface area (Å²) in [6.45, 7) is 2.41.